The number of aliphatic imine (C=N–C) groups is 1. The fourth-order valence-corrected chi connectivity index (χ4v) is 4.54. The SMILES string of the molecule is COc1nc(Br)c(C(=O)C=Nc2c(C)cc(C)cc2C)c(-c2[c-]cccc2)c1C(C)(C)C.[Co+][Br]. The van der Waals surface area contributed by atoms with Gasteiger partial charge in [0, 0.05) is 5.56 Å². The van der Waals surface area contributed by atoms with Crippen molar-refractivity contribution < 1.29 is 23.5 Å². The monoisotopic (exact) mass is 629 g/mol. The Morgan fingerprint density at radius 1 is 1.15 bits per heavy atom. The van der Waals surface area contributed by atoms with Crippen LogP contribution in [-0.2, 0) is 19.4 Å². The predicted octanol–water partition coefficient (Wildman–Crippen LogP) is 7.97. The van der Waals surface area contributed by atoms with Crippen LogP contribution in [0.5, 0.6) is 5.88 Å². The molecule has 0 spiro atoms. The van der Waals surface area contributed by atoms with E-state index in [4.69, 9.17) is 4.74 Å². The van der Waals surface area contributed by atoms with Gasteiger partial charge < -0.3 is 4.74 Å². The molecule has 0 bridgehead atoms. The van der Waals surface area contributed by atoms with Crippen LogP contribution in [0, 0.1) is 26.8 Å². The fourth-order valence-electron chi connectivity index (χ4n) is 3.99. The Labute approximate surface area is 226 Å². The summed E-state index contributed by atoms with van der Waals surface area (Å²) in [7, 11) is 1.59. The average molecular weight is 631 g/mol. The van der Waals surface area contributed by atoms with Crippen molar-refractivity contribution in [1.29, 1.82) is 0 Å². The van der Waals surface area contributed by atoms with Gasteiger partial charge in [-0.15, -0.1) is 35.9 Å². The number of aryl methyl sites for hydroxylation is 3. The van der Waals surface area contributed by atoms with E-state index < -0.39 is 0 Å². The zero-order valence-corrected chi connectivity index (χ0v) is 24.6. The molecule has 1 aromatic heterocycles. The molecule has 0 saturated heterocycles. The summed E-state index contributed by atoms with van der Waals surface area (Å²) in [5, 5.41) is 0. The molecule has 34 heavy (non-hydrogen) atoms. The molecule has 0 aliphatic carbocycles. The van der Waals surface area contributed by atoms with Gasteiger partial charge in [-0.05, 0) is 58.8 Å². The van der Waals surface area contributed by atoms with Crippen molar-refractivity contribution >= 4 is 47.8 Å². The molecule has 0 atom stereocenters. The van der Waals surface area contributed by atoms with Gasteiger partial charge >= 0.3 is 28.1 Å². The zero-order valence-electron chi connectivity index (χ0n) is 20.3. The van der Waals surface area contributed by atoms with Gasteiger partial charge in [0.15, 0.2) is 5.78 Å². The standard InChI is InChI=1S/C27H28BrN2O2.BrH.Co/c1-16-13-17(2)24(18(3)14-16)29-15-20(31)22-21(19-11-9-8-10-12-19)23(27(4,5)6)26(32-7)30-25(22)28;;/h8-11,13-15H,1-7H3;1H;/q-1;;+2/p-1. The first kappa shape index (κ1) is 28.4. The van der Waals surface area contributed by atoms with Gasteiger partial charge in [0.2, 0.25) is 5.88 Å². The van der Waals surface area contributed by atoms with Crippen molar-refractivity contribution in [2.75, 3.05) is 7.11 Å². The molecule has 3 rings (SSSR count). The van der Waals surface area contributed by atoms with E-state index in [1.165, 1.54) is 11.8 Å². The number of Topliss-reactive ketones (excluding diaryl/α,β-unsaturated/α-hetero) is 1. The summed E-state index contributed by atoms with van der Waals surface area (Å²) in [6.45, 7) is 12.3. The third-order valence-corrected chi connectivity index (χ3v) is 5.81. The first-order valence-corrected chi connectivity index (χ1v) is 13.9. The van der Waals surface area contributed by atoms with Gasteiger partial charge in [0.1, 0.15) is 4.60 Å². The molecule has 0 radical (unpaired) electrons. The quantitative estimate of drug-likeness (QED) is 0.124. The van der Waals surface area contributed by atoms with Crippen LogP contribution in [0.4, 0.5) is 5.69 Å². The first-order valence-electron chi connectivity index (χ1n) is 10.6. The molecule has 4 nitrogen and oxygen atoms in total. The molecule has 0 saturated carbocycles. The maximum absolute atomic E-state index is 13.5. The number of ketones is 1. The van der Waals surface area contributed by atoms with Crippen molar-refractivity contribution in [2.24, 2.45) is 4.99 Å². The van der Waals surface area contributed by atoms with Gasteiger partial charge in [0.25, 0.3) is 0 Å². The minimum absolute atomic E-state index is 0.232. The summed E-state index contributed by atoms with van der Waals surface area (Å²) in [6, 6.07) is 15.0. The normalized spacial score (nSPS) is 11.2. The minimum atomic E-state index is -0.325. The van der Waals surface area contributed by atoms with E-state index in [2.05, 4.69) is 99.9 Å². The van der Waals surface area contributed by atoms with Crippen molar-refractivity contribution in [1.82, 2.24) is 4.98 Å². The molecule has 181 valence electrons. The van der Waals surface area contributed by atoms with Gasteiger partial charge in [-0.3, -0.25) is 9.79 Å². The molecular weight excluding hydrogens is 603 g/mol. The molecule has 3 aromatic rings. The van der Waals surface area contributed by atoms with Gasteiger partial charge in [-0.1, -0.05) is 44.0 Å². The summed E-state index contributed by atoms with van der Waals surface area (Å²) in [4.78, 5) is 22.7. The number of methoxy groups -OCH3 is 1. The Kier molecular flexibility index (Phi) is 10.2. The van der Waals surface area contributed by atoms with Crippen LogP contribution in [0.3, 0.4) is 0 Å². The topological polar surface area (TPSA) is 51.5 Å². The van der Waals surface area contributed by atoms with Gasteiger partial charge in [-0.2, -0.15) is 0 Å². The fraction of sp³-hybridized carbons (Fsp3) is 0.296. The number of carbonyl (C=O) groups is 1. The second-order valence-corrected chi connectivity index (χ2v) is 9.68. The number of rotatable bonds is 5. The number of halogens is 2. The van der Waals surface area contributed by atoms with Crippen LogP contribution in [0.2, 0.25) is 0 Å². The molecule has 0 aliphatic rings. The number of nitrogens with zero attached hydrogens (tertiary/aromatic N) is 2. The molecule has 0 amide bonds. The number of hydrogen-bond donors (Lipinski definition) is 0. The van der Waals surface area contributed by atoms with E-state index in [0.717, 1.165) is 33.5 Å². The second kappa shape index (κ2) is 12.2. The summed E-state index contributed by atoms with van der Waals surface area (Å²) < 4.78 is 6.04. The van der Waals surface area contributed by atoms with Crippen molar-refractivity contribution in [3.8, 4) is 17.0 Å². The van der Waals surface area contributed by atoms with Crippen LogP contribution in [0.15, 0.2) is 46.0 Å². The Morgan fingerprint density at radius 2 is 1.76 bits per heavy atom. The third kappa shape index (κ3) is 6.45. The zero-order chi connectivity index (χ0) is 25.6. The Bertz CT molecular complexity index is 1180. The molecular formula is C27H28Br2CoN2O2. The van der Waals surface area contributed by atoms with Crippen molar-refractivity contribution in [2.45, 2.75) is 47.0 Å². The maximum atomic E-state index is 13.5. The molecule has 1 heterocycles. The van der Waals surface area contributed by atoms with E-state index >= 15 is 0 Å². The van der Waals surface area contributed by atoms with Crippen LogP contribution in [0.25, 0.3) is 11.1 Å². The number of ether oxygens (including phenoxy) is 1. The van der Waals surface area contributed by atoms with Crippen LogP contribution in [0.1, 0.15) is 53.4 Å². The number of aromatic nitrogens is 1. The molecule has 0 aliphatic heterocycles. The molecule has 2 aromatic carbocycles. The van der Waals surface area contributed by atoms with Crippen LogP contribution >= 0.6 is 30.1 Å². The van der Waals surface area contributed by atoms with E-state index in [0.29, 0.717) is 16.0 Å². The Hall–Kier alpha value is -1.80. The summed E-state index contributed by atoms with van der Waals surface area (Å²) in [5.74, 6) is 0.250. The number of carbonyl (C=O) groups excluding carboxylic acids is 1. The molecule has 7 heteroatoms. The van der Waals surface area contributed by atoms with Crippen LogP contribution < -0.4 is 4.74 Å². The molecule has 0 N–H and O–H groups in total. The number of hydrogen-bond acceptors (Lipinski definition) is 4. The summed E-state index contributed by atoms with van der Waals surface area (Å²) >= 11 is 9.51. The van der Waals surface area contributed by atoms with Gasteiger partial charge in [-0.25, -0.2) is 4.98 Å². The second-order valence-electron chi connectivity index (χ2n) is 8.93. The third-order valence-electron chi connectivity index (χ3n) is 5.23. The Balaban J connectivity index is 0.00000199. The Morgan fingerprint density at radius 3 is 2.26 bits per heavy atom. The number of pyridine rings is 1. The van der Waals surface area contributed by atoms with Crippen molar-refractivity contribution in [3.63, 3.8) is 0 Å². The molecule has 0 fully saturated rings. The predicted molar refractivity (Wildman–Crippen MR) is 144 cm³/mol. The van der Waals surface area contributed by atoms with E-state index in [9.17, 15) is 4.79 Å². The summed E-state index contributed by atoms with van der Waals surface area (Å²) in [6.07, 6.45) is 1.39. The molecule has 0 unspecified atom stereocenters. The summed E-state index contributed by atoms with van der Waals surface area (Å²) in [5.41, 5.74) is 6.58. The van der Waals surface area contributed by atoms with E-state index in [1.54, 1.807) is 7.11 Å². The average Bonchev–Trinajstić information content (AvgIpc) is 2.78. The van der Waals surface area contributed by atoms with Crippen LogP contribution in [-0.4, -0.2) is 24.1 Å². The van der Waals surface area contributed by atoms with E-state index in [1.807, 2.05) is 38.1 Å². The van der Waals surface area contributed by atoms with E-state index in [-0.39, 0.29) is 11.2 Å². The first-order chi connectivity index (χ1) is 16.0. The van der Waals surface area contributed by atoms with Gasteiger partial charge in [0.05, 0.1) is 19.0 Å². The van der Waals surface area contributed by atoms with Crippen molar-refractivity contribution in [3.05, 3.63) is 74.9 Å². The number of benzene rings is 2.